The van der Waals surface area contributed by atoms with Crippen molar-refractivity contribution in [3.05, 3.63) is 24.4 Å². The molecule has 1 heterocycles. The van der Waals surface area contributed by atoms with Crippen LogP contribution < -0.4 is 4.74 Å². The van der Waals surface area contributed by atoms with Crippen molar-refractivity contribution < 1.29 is 9.84 Å². The summed E-state index contributed by atoms with van der Waals surface area (Å²) in [5.41, 5.74) is 0.969. The normalized spacial score (nSPS) is 10.6. The van der Waals surface area contributed by atoms with Crippen LogP contribution in [0.4, 0.5) is 0 Å². The molecule has 13 heavy (non-hydrogen) atoms. The summed E-state index contributed by atoms with van der Waals surface area (Å²) in [6.45, 7) is 0. The van der Waals surface area contributed by atoms with Gasteiger partial charge < -0.3 is 14.4 Å². The zero-order valence-corrected chi connectivity index (χ0v) is 7.61. The average molecular weight is 177 g/mol. The van der Waals surface area contributed by atoms with Crippen molar-refractivity contribution in [3.63, 3.8) is 0 Å². The maximum Gasteiger partial charge on any atom is 0.131 e. The van der Waals surface area contributed by atoms with Gasteiger partial charge in [-0.3, -0.25) is 0 Å². The van der Waals surface area contributed by atoms with Crippen LogP contribution in [-0.4, -0.2) is 16.8 Å². The Morgan fingerprint density at radius 1 is 1.38 bits per heavy atom. The van der Waals surface area contributed by atoms with Crippen LogP contribution in [0.25, 0.3) is 10.9 Å². The van der Waals surface area contributed by atoms with E-state index in [1.54, 1.807) is 19.2 Å². The molecule has 0 saturated heterocycles. The van der Waals surface area contributed by atoms with Gasteiger partial charge in [0.25, 0.3) is 0 Å². The predicted octanol–water partition coefficient (Wildman–Crippen LogP) is 1.89. The fourth-order valence-corrected chi connectivity index (χ4v) is 1.49. The lowest BCUT2D eigenvalue weighted by Gasteiger charge is -2.03. The molecule has 1 aromatic carbocycles. The minimum atomic E-state index is 0.228. The number of nitrogens with zero attached hydrogens (tertiary/aromatic N) is 1. The monoisotopic (exact) mass is 177 g/mol. The zero-order valence-electron chi connectivity index (χ0n) is 7.61. The van der Waals surface area contributed by atoms with Gasteiger partial charge in [0.2, 0.25) is 0 Å². The van der Waals surface area contributed by atoms with Crippen LogP contribution in [0, 0.1) is 0 Å². The summed E-state index contributed by atoms with van der Waals surface area (Å²) in [5, 5.41) is 10.4. The first-order chi connectivity index (χ1) is 6.22. The topological polar surface area (TPSA) is 34.4 Å². The molecule has 0 saturated carbocycles. The molecule has 0 radical (unpaired) electrons. The number of fused-ring (bicyclic) bond motifs is 1. The molecule has 0 aliphatic carbocycles. The largest absolute Gasteiger partial charge is 0.508 e. The quantitative estimate of drug-likeness (QED) is 0.721. The van der Waals surface area contributed by atoms with Crippen LogP contribution in [0.1, 0.15) is 0 Å². The predicted molar refractivity (Wildman–Crippen MR) is 51.1 cm³/mol. The van der Waals surface area contributed by atoms with Gasteiger partial charge >= 0.3 is 0 Å². The standard InChI is InChI=1S/C10H11NO2/c1-11-4-3-8-9(11)5-7(12)6-10(8)13-2/h3-6,12H,1-2H3. The second-order valence-corrected chi connectivity index (χ2v) is 3.01. The van der Waals surface area contributed by atoms with E-state index < -0.39 is 0 Å². The van der Waals surface area contributed by atoms with E-state index in [4.69, 9.17) is 4.74 Å². The van der Waals surface area contributed by atoms with Crippen molar-refractivity contribution in [2.45, 2.75) is 0 Å². The second kappa shape index (κ2) is 2.69. The van der Waals surface area contributed by atoms with E-state index in [1.165, 1.54) is 0 Å². The van der Waals surface area contributed by atoms with E-state index in [-0.39, 0.29) is 5.75 Å². The Labute approximate surface area is 76.2 Å². The Morgan fingerprint density at radius 3 is 2.85 bits per heavy atom. The molecule has 0 fully saturated rings. The van der Waals surface area contributed by atoms with Crippen molar-refractivity contribution in [2.75, 3.05) is 7.11 Å². The summed E-state index contributed by atoms with van der Waals surface area (Å²) in [5.74, 6) is 0.932. The molecule has 3 nitrogen and oxygen atoms in total. The second-order valence-electron chi connectivity index (χ2n) is 3.01. The minimum absolute atomic E-state index is 0.228. The summed E-state index contributed by atoms with van der Waals surface area (Å²) in [7, 11) is 3.53. The molecular formula is C10H11NO2. The SMILES string of the molecule is COc1cc(O)cc2c1ccn2C. The minimum Gasteiger partial charge on any atom is -0.508 e. The van der Waals surface area contributed by atoms with E-state index in [0.29, 0.717) is 5.75 Å². The lowest BCUT2D eigenvalue weighted by Crippen LogP contribution is -1.86. The third-order valence-corrected chi connectivity index (χ3v) is 2.17. The van der Waals surface area contributed by atoms with Crippen LogP contribution in [0.5, 0.6) is 11.5 Å². The maximum atomic E-state index is 9.39. The molecule has 68 valence electrons. The Balaban J connectivity index is 2.84. The molecule has 1 aromatic heterocycles. The van der Waals surface area contributed by atoms with E-state index >= 15 is 0 Å². The third kappa shape index (κ3) is 1.13. The molecule has 0 amide bonds. The van der Waals surface area contributed by atoms with Crippen LogP contribution in [-0.2, 0) is 7.05 Å². The Bertz CT molecular complexity index is 445. The van der Waals surface area contributed by atoms with Crippen molar-refractivity contribution in [3.8, 4) is 11.5 Å². The number of aromatic hydroxyl groups is 1. The van der Waals surface area contributed by atoms with Gasteiger partial charge in [-0.15, -0.1) is 0 Å². The number of benzene rings is 1. The highest BCUT2D eigenvalue weighted by Crippen LogP contribution is 2.30. The smallest absolute Gasteiger partial charge is 0.131 e. The molecule has 0 spiro atoms. The van der Waals surface area contributed by atoms with Gasteiger partial charge in [-0.25, -0.2) is 0 Å². The number of methoxy groups -OCH3 is 1. The molecule has 0 bridgehead atoms. The fraction of sp³-hybridized carbons (Fsp3) is 0.200. The van der Waals surface area contributed by atoms with Gasteiger partial charge in [-0.1, -0.05) is 0 Å². The first-order valence-electron chi connectivity index (χ1n) is 4.04. The van der Waals surface area contributed by atoms with Crippen molar-refractivity contribution in [1.82, 2.24) is 4.57 Å². The summed E-state index contributed by atoms with van der Waals surface area (Å²) in [6.07, 6.45) is 1.94. The van der Waals surface area contributed by atoms with Gasteiger partial charge in [0.1, 0.15) is 11.5 Å². The van der Waals surface area contributed by atoms with E-state index in [9.17, 15) is 5.11 Å². The zero-order chi connectivity index (χ0) is 9.42. The Kier molecular flexibility index (Phi) is 1.65. The van der Waals surface area contributed by atoms with Crippen LogP contribution in [0.2, 0.25) is 0 Å². The van der Waals surface area contributed by atoms with Gasteiger partial charge in [-0.2, -0.15) is 0 Å². The number of aromatic nitrogens is 1. The summed E-state index contributed by atoms with van der Waals surface area (Å²) < 4.78 is 7.09. The molecule has 3 heteroatoms. The van der Waals surface area contributed by atoms with Gasteiger partial charge in [0, 0.05) is 30.8 Å². The molecule has 0 aliphatic heterocycles. The number of hydrogen-bond acceptors (Lipinski definition) is 2. The summed E-state index contributed by atoms with van der Waals surface area (Å²) in [6, 6.07) is 5.30. The Hall–Kier alpha value is -1.64. The first-order valence-corrected chi connectivity index (χ1v) is 4.04. The maximum absolute atomic E-state index is 9.39. The highest BCUT2D eigenvalue weighted by molar-refractivity contribution is 5.87. The molecule has 2 rings (SSSR count). The van der Waals surface area contributed by atoms with Crippen LogP contribution in [0.3, 0.4) is 0 Å². The van der Waals surface area contributed by atoms with Gasteiger partial charge in [-0.05, 0) is 6.07 Å². The number of ether oxygens (including phenoxy) is 1. The van der Waals surface area contributed by atoms with Gasteiger partial charge in [0.15, 0.2) is 0 Å². The number of hydrogen-bond donors (Lipinski definition) is 1. The lowest BCUT2D eigenvalue weighted by molar-refractivity contribution is 0.413. The third-order valence-electron chi connectivity index (χ3n) is 2.17. The number of phenols is 1. The molecule has 0 aliphatic rings. The molecule has 0 unspecified atom stereocenters. The fourth-order valence-electron chi connectivity index (χ4n) is 1.49. The van der Waals surface area contributed by atoms with Crippen LogP contribution >= 0.6 is 0 Å². The number of aryl methyl sites for hydroxylation is 1. The summed E-state index contributed by atoms with van der Waals surface area (Å²) >= 11 is 0. The highest BCUT2D eigenvalue weighted by atomic mass is 16.5. The van der Waals surface area contributed by atoms with Crippen molar-refractivity contribution >= 4 is 10.9 Å². The molecule has 1 N–H and O–H groups in total. The number of rotatable bonds is 1. The molecule has 2 aromatic rings. The summed E-state index contributed by atoms with van der Waals surface area (Å²) in [4.78, 5) is 0. The highest BCUT2D eigenvalue weighted by Gasteiger charge is 2.05. The first kappa shape index (κ1) is 7.98. The van der Waals surface area contributed by atoms with Gasteiger partial charge in [0.05, 0.1) is 12.6 Å². The van der Waals surface area contributed by atoms with E-state index in [0.717, 1.165) is 10.9 Å². The van der Waals surface area contributed by atoms with E-state index in [1.807, 2.05) is 23.9 Å². The van der Waals surface area contributed by atoms with Crippen LogP contribution in [0.15, 0.2) is 24.4 Å². The lowest BCUT2D eigenvalue weighted by atomic mass is 10.2. The Morgan fingerprint density at radius 2 is 2.15 bits per heavy atom. The number of phenolic OH excluding ortho intramolecular Hbond substituents is 1. The molecule has 0 atom stereocenters. The average Bonchev–Trinajstić information content (AvgIpc) is 2.47. The van der Waals surface area contributed by atoms with Crippen molar-refractivity contribution in [2.24, 2.45) is 7.05 Å². The van der Waals surface area contributed by atoms with E-state index in [2.05, 4.69) is 0 Å². The molecular weight excluding hydrogens is 166 g/mol. The van der Waals surface area contributed by atoms with Crippen molar-refractivity contribution in [1.29, 1.82) is 0 Å².